The zero-order valence-electron chi connectivity index (χ0n) is 21.2. The Labute approximate surface area is 233 Å². The Morgan fingerprint density at radius 1 is 1.08 bits per heavy atom. The number of piperidine rings is 1. The van der Waals surface area contributed by atoms with E-state index in [1.807, 2.05) is 4.90 Å². The number of rotatable bonds is 8. The smallest absolute Gasteiger partial charge is 0.242 e. The summed E-state index contributed by atoms with van der Waals surface area (Å²) in [6.07, 6.45) is 5.44. The highest BCUT2D eigenvalue weighted by Gasteiger charge is 2.36. The molecule has 1 N–H and O–H groups in total. The fourth-order valence-electron chi connectivity index (χ4n) is 5.63. The monoisotopic (exact) mass is 576 g/mol. The van der Waals surface area contributed by atoms with E-state index in [2.05, 4.69) is 33.9 Å². The molecule has 3 aliphatic heterocycles. The molecule has 11 heteroatoms. The molecule has 1 aromatic heterocycles. The lowest BCUT2D eigenvalue weighted by atomic mass is 9.99. The van der Waals surface area contributed by atoms with Gasteiger partial charge in [-0.2, -0.15) is 4.72 Å². The van der Waals surface area contributed by atoms with Gasteiger partial charge in [0.25, 0.3) is 0 Å². The van der Waals surface area contributed by atoms with Gasteiger partial charge in [-0.3, -0.25) is 14.5 Å². The van der Waals surface area contributed by atoms with E-state index in [4.69, 9.17) is 11.6 Å². The minimum atomic E-state index is -3.83. The van der Waals surface area contributed by atoms with Crippen LogP contribution in [0.15, 0.2) is 41.8 Å². The predicted molar refractivity (Wildman–Crippen MR) is 150 cm³/mol. The van der Waals surface area contributed by atoms with Crippen LogP contribution in [0, 0.1) is 0 Å². The summed E-state index contributed by atoms with van der Waals surface area (Å²) >= 11 is 7.17. The SMILES string of the molecule is O=C1C(NS(=O)(=O)/C=C/c2ccc(Cl)s2)CCCN1CC(=O)N1CCCC1CN1CCc2ccccc2C1. The third-order valence-electron chi connectivity index (χ3n) is 7.54. The Kier molecular flexibility index (Phi) is 8.54. The number of nitrogens with zero attached hydrogens (tertiary/aromatic N) is 3. The molecule has 0 aliphatic carbocycles. The largest absolute Gasteiger partial charge is 0.337 e. The Bertz CT molecular complexity index is 1310. The molecule has 2 unspecified atom stereocenters. The normalized spacial score (nSPS) is 22.8. The van der Waals surface area contributed by atoms with Gasteiger partial charge in [0, 0.05) is 49.1 Å². The summed E-state index contributed by atoms with van der Waals surface area (Å²) in [4.78, 5) is 33.0. The first kappa shape index (κ1) is 27.3. The topological polar surface area (TPSA) is 90.0 Å². The number of carbonyl (C=O) groups is 2. The molecule has 38 heavy (non-hydrogen) atoms. The summed E-state index contributed by atoms with van der Waals surface area (Å²) in [5.41, 5.74) is 2.76. The number of amides is 2. The first-order chi connectivity index (χ1) is 18.3. The molecule has 204 valence electrons. The molecule has 0 spiro atoms. The van der Waals surface area contributed by atoms with Crippen molar-refractivity contribution < 1.29 is 18.0 Å². The quantitative estimate of drug-likeness (QED) is 0.521. The van der Waals surface area contributed by atoms with Gasteiger partial charge in [-0.15, -0.1) is 11.3 Å². The first-order valence-electron chi connectivity index (χ1n) is 13.1. The first-order valence-corrected chi connectivity index (χ1v) is 15.8. The average molecular weight is 577 g/mol. The Hall–Kier alpha value is -2.24. The molecule has 0 bridgehead atoms. The second-order valence-corrected chi connectivity index (χ2v) is 13.5. The summed E-state index contributed by atoms with van der Waals surface area (Å²) < 4.78 is 28.3. The van der Waals surface area contributed by atoms with Crippen molar-refractivity contribution in [2.45, 2.75) is 50.7 Å². The summed E-state index contributed by atoms with van der Waals surface area (Å²) in [5.74, 6) is -0.402. The third-order valence-corrected chi connectivity index (χ3v) is 9.85. The van der Waals surface area contributed by atoms with Crippen LogP contribution in [-0.4, -0.2) is 79.7 Å². The maximum absolute atomic E-state index is 13.3. The number of sulfonamides is 1. The molecule has 2 fully saturated rings. The van der Waals surface area contributed by atoms with Gasteiger partial charge in [0.05, 0.1) is 10.9 Å². The van der Waals surface area contributed by atoms with E-state index in [9.17, 15) is 18.0 Å². The summed E-state index contributed by atoms with van der Waals surface area (Å²) in [5, 5.41) is 1.06. The number of thiophene rings is 1. The van der Waals surface area contributed by atoms with E-state index >= 15 is 0 Å². The molecule has 4 heterocycles. The van der Waals surface area contributed by atoms with Crippen LogP contribution in [0.3, 0.4) is 0 Å². The van der Waals surface area contributed by atoms with Crippen LogP contribution < -0.4 is 4.72 Å². The van der Waals surface area contributed by atoms with Crippen molar-refractivity contribution in [2.75, 3.05) is 32.7 Å². The van der Waals surface area contributed by atoms with Gasteiger partial charge in [-0.25, -0.2) is 8.42 Å². The van der Waals surface area contributed by atoms with Crippen LogP contribution in [-0.2, 0) is 32.6 Å². The maximum Gasteiger partial charge on any atom is 0.242 e. The Balaban J connectivity index is 1.16. The van der Waals surface area contributed by atoms with Crippen molar-refractivity contribution in [3.8, 4) is 0 Å². The van der Waals surface area contributed by atoms with Gasteiger partial charge in [0.2, 0.25) is 21.8 Å². The van der Waals surface area contributed by atoms with Gasteiger partial charge < -0.3 is 9.80 Å². The van der Waals surface area contributed by atoms with Crippen LogP contribution in [0.4, 0.5) is 0 Å². The van der Waals surface area contributed by atoms with E-state index in [1.165, 1.54) is 33.4 Å². The molecular weight excluding hydrogens is 544 g/mol. The van der Waals surface area contributed by atoms with Crippen molar-refractivity contribution in [2.24, 2.45) is 0 Å². The molecule has 5 rings (SSSR count). The zero-order valence-corrected chi connectivity index (χ0v) is 23.6. The third kappa shape index (κ3) is 6.66. The number of fused-ring (bicyclic) bond motifs is 1. The molecule has 3 aliphatic rings. The van der Waals surface area contributed by atoms with Gasteiger partial charge in [-0.05, 0) is 61.4 Å². The summed E-state index contributed by atoms with van der Waals surface area (Å²) in [6.45, 7) is 3.85. The van der Waals surface area contributed by atoms with Gasteiger partial charge in [0.15, 0.2) is 0 Å². The highest BCUT2D eigenvalue weighted by atomic mass is 35.5. The van der Waals surface area contributed by atoms with Crippen LogP contribution in [0.2, 0.25) is 4.34 Å². The van der Waals surface area contributed by atoms with Crippen molar-refractivity contribution >= 4 is 50.9 Å². The second kappa shape index (κ2) is 11.9. The molecule has 0 radical (unpaired) electrons. The van der Waals surface area contributed by atoms with Crippen LogP contribution in [0.1, 0.15) is 41.7 Å². The molecule has 2 aromatic rings. The standard InChI is InChI=1S/C27H33ClN4O4S2/c28-25-10-9-23(37-25)12-16-38(35,36)29-24-8-4-13-31(27(24)34)19-26(33)32-14-3-7-22(32)18-30-15-11-20-5-1-2-6-21(20)17-30/h1-2,5-6,9-10,12,16,22,24,29H,3-4,7-8,11,13-15,17-19H2/b16-12+. The summed E-state index contributed by atoms with van der Waals surface area (Å²) in [6, 6.07) is 11.2. The highest BCUT2D eigenvalue weighted by molar-refractivity contribution is 7.92. The molecule has 1 aromatic carbocycles. The molecule has 2 amide bonds. The van der Waals surface area contributed by atoms with Crippen molar-refractivity contribution in [3.63, 3.8) is 0 Å². The van der Waals surface area contributed by atoms with Gasteiger partial charge in [0.1, 0.15) is 6.04 Å². The minimum absolute atomic E-state index is 0.0140. The lowest BCUT2D eigenvalue weighted by Gasteiger charge is -2.36. The number of hydrogen-bond acceptors (Lipinski definition) is 6. The van der Waals surface area contributed by atoms with E-state index in [-0.39, 0.29) is 24.4 Å². The molecule has 8 nitrogen and oxygen atoms in total. The Morgan fingerprint density at radius 3 is 2.66 bits per heavy atom. The predicted octanol–water partition coefficient (Wildman–Crippen LogP) is 3.33. The second-order valence-electron chi connectivity index (χ2n) is 10.2. The lowest BCUT2D eigenvalue weighted by molar-refractivity contribution is -0.143. The van der Waals surface area contributed by atoms with Crippen molar-refractivity contribution in [3.05, 3.63) is 62.1 Å². The number of benzene rings is 1. The average Bonchev–Trinajstić information content (AvgIpc) is 3.54. The van der Waals surface area contributed by atoms with E-state index in [0.29, 0.717) is 35.1 Å². The minimum Gasteiger partial charge on any atom is -0.337 e. The fourth-order valence-corrected chi connectivity index (χ4v) is 7.70. The molecular formula is C27H33ClN4O4S2. The molecule has 2 atom stereocenters. The fraction of sp³-hybridized carbons (Fsp3) is 0.481. The van der Waals surface area contributed by atoms with E-state index < -0.39 is 16.1 Å². The number of nitrogens with one attached hydrogen (secondary N) is 1. The van der Waals surface area contributed by atoms with Crippen LogP contribution in [0.25, 0.3) is 6.08 Å². The van der Waals surface area contributed by atoms with E-state index in [1.54, 1.807) is 12.1 Å². The zero-order chi connectivity index (χ0) is 26.7. The molecule has 2 saturated heterocycles. The maximum atomic E-state index is 13.3. The van der Waals surface area contributed by atoms with Crippen molar-refractivity contribution in [1.29, 1.82) is 0 Å². The van der Waals surface area contributed by atoms with Gasteiger partial charge >= 0.3 is 0 Å². The van der Waals surface area contributed by atoms with E-state index in [0.717, 1.165) is 44.3 Å². The Morgan fingerprint density at radius 2 is 1.87 bits per heavy atom. The molecule has 0 saturated carbocycles. The van der Waals surface area contributed by atoms with Crippen LogP contribution >= 0.6 is 22.9 Å². The number of carbonyl (C=O) groups excluding carboxylic acids is 2. The number of likely N-dealkylation sites (tertiary alicyclic amines) is 2. The number of hydrogen-bond donors (Lipinski definition) is 1. The number of halogens is 1. The lowest BCUT2D eigenvalue weighted by Crippen LogP contribution is -2.55. The summed E-state index contributed by atoms with van der Waals surface area (Å²) in [7, 11) is -3.83. The van der Waals surface area contributed by atoms with Crippen molar-refractivity contribution in [1.82, 2.24) is 19.4 Å². The van der Waals surface area contributed by atoms with Crippen LogP contribution in [0.5, 0.6) is 0 Å². The highest BCUT2D eigenvalue weighted by Crippen LogP contribution is 2.25. The van der Waals surface area contributed by atoms with Gasteiger partial charge in [-0.1, -0.05) is 35.9 Å².